The Hall–Kier alpha value is -2.36. The molecule has 0 unspecified atom stereocenters. The topological polar surface area (TPSA) is 101 Å². The summed E-state index contributed by atoms with van der Waals surface area (Å²) in [5.41, 5.74) is 0. The minimum absolute atomic E-state index is 0.0146. The summed E-state index contributed by atoms with van der Waals surface area (Å²) in [6.45, 7) is -2.06. The highest BCUT2D eigenvalue weighted by Gasteiger charge is 2.40. The molecule has 0 N–H and O–H groups in total. The summed E-state index contributed by atoms with van der Waals surface area (Å²) in [5, 5.41) is -4.82. The second kappa shape index (κ2) is 13.1. The van der Waals surface area contributed by atoms with Crippen LogP contribution in [0, 0.1) is 3.57 Å². The molecule has 0 saturated carbocycles. The second-order valence-electron chi connectivity index (χ2n) is 7.51. The molecule has 0 aromatic heterocycles. The Labute approximate surface area is 237 Å². The fourth-order valence-electron chi connectivity index (χ4n) is 2.97. The van der Waals surface area contributed by atoms with E-state index < -0.39 is 37.0 Å². The largest absolute Gasteiger partial charge is 0.743 e. The third-order valence-corrected chi connectivity index (χ3v) is 9.86. The first-order chi connectivity index (χ1) is 17.9. The second-order valence-corrected chi connectivity index (χ2v) is 13.9. The summed E-state index contributed by atoms with van der Waals surface area (Å²) in [4.78, 5) is 3.66. The van der Waals surface area contributed by atoms with Gasteiger partial charge in [0.15, 0.2) is 24.8 Å². The predicted octanol–water partition coefficient (Wildman–Crippen LogP) is 5.92. The van der Waals surface area contributed by atoms with Crippen molar-refractivity contribution in [3.63, 3.8) is 0 Å². The van der Waals surface area contributed by atoms with Crippen LogP contribution in [0.25, 0.3) is 0 Å². The van der Waals surface area contributed by atoms with E-state index in [0.29, 0.717) is 3.57 Å². The van der Waals surface area contributed by atoms with Crippen molar-refractivity contribution < 1.29 is 34.4 Å². The standard InChI is InChI=1S/C18H15S.C8H7F2IO6S2/c1-4-10-16(11-5-1)19(17-12-6-2-7-13-17)18-14-8-3-9-15-18;9-8(10,19(14,15)16)5-17-18(12,13)7-3-1-6(11)2-4-7/h1-15H;1-4H,5H2,(H,14,15,16)/q+1;/p-1. The van der Waals surface area contributed by atoms with Crippen molar-refractivity contribution >= 4 is 53.7 Å². The number of alkyl halides is 2. The fraction of sp³-hybridized carbons (Fsp3) is 0.0769. The average Bonchev–Trinajstić information content (AvgIpc) is 2.90. The van der Waals surface area contributed by atoms with Crippen molar-refractivity contribution in [1.82, 2.24) is 0 Å². The van der Waals surface area contributed by atoms with Crippen LogP contribution >= 0.6 is 22.6 Å². The van der Waals surface area contributed by atoms with Crippen molar-refractivity contribution in [2.24, 2.45) is 0 Å². The molecule has 0 heterocycles. The van der Waals surface area contributed by atoms with Gasteiger partial charge in [0.1, 0.15) is 6.61 Å². The molecule has 0 aliphatic heterocycles. The maximum absolute atomic E-state index is 12.7. The number of hydrogen-bond acceptors (Lipinski definition) is 6. The lowest BCUT2D eigenvalue weighted by Crippen LogP contribution is -2.34. The van der Waals surface area contributed by atoms with E-state index in [0.717, 1.165) is 12.1 Å². The molecular formula is C26H21F2IO6S3. The SMILES string of the molecule is O=S(=O)(OCC(F)(F)S(=O)(=O)[O-])c1ccc(I)cc1.c1ccc([S+](c2ccccc2)c2ccccc2)cc1. The van der Waals surface area contributed by atoms with Gasteiger partial charge in [-0.2, -0.15) is 17.2 Å². The molecule has 4 aromatic carbocycles. The molecule has 4 aromatic rings. The maximum atomic E-state index is 12.7. The quantitative estimate of drug-likeness (QED) is 0.0986. The summed E-state index contributed by atoms with van der Waals surface area (Å²) >= 11 is 1.89. The number of hydrogen-bond donors (Lipinski definition) is 0. The highest BCUT2D eigenvalue weighted by molar-refractivity contribution is 14.1. The monoisotopic (exact) mass is 690 g/mol. The molecule has 0 fully saturated rings. The van der Waals surface area contributed by atoms with Gasteiger partial charge in [-0.25, -0.2) is 8.42 Å². The molecule has 0 radical (unpaired) electrons. The Bertz CT molecular complexity index is 1430. The van der Waals surface area contributed by atoms with Gasteiger partial charge in [0.25, 0.3) is 10.1 Å². The normalized spacial score (nSPS) is 12.0. The molecule has 6 nitrogen and oxygen atoms in total. The highest BCUT2D eigenvalue weighted by atomic mass is 127. The van der Waals surface area contributed by atoms with Crippen LogP contribution in [-0.2, 0) is 35.3 Å². The van der Waals surface area contributed by atoms with Gasteiger partial charge >= 0.3 is 5.25 Å². The lowest BCUT2D eigenvalue weighted by atomic mass is 10.4. The zero-order valence-electron chi connectivity index (χ0n) is 19.5. The molecular weight excluding hydrogens is 669 g/mol. The molecule has 0 saturated heterocycles. The van der Waals surface area contributed by atoms with E-state index in [2.05, 4.69) is 95.2 Å². The van der Waals surface area contributed by atoms with E-state index in [-0.39, 0.29) is 10.9 Å². The summed E-state index contributed by atoms with van der Waals surface area (Å²) in [5.74, 6) is 0. The number of rotatable bonds is 8. The van der Waals surface area contributed by atoms with E-state index in [1.807, 2.05) is 22.6 Å². The first kappa shape index (κ1) is 30.2. The summed E-state index contributed by atoms with van der Waals surface area (Å²) < 4.78 is 83.5. The van der Waals surface area contributed by atoms with Gasteiger partial charge in [-0.15, -0.1) is 0 Å². The first-order valence-corrected chi connectivity index (χ1v) is 15.9. The Balaban J connectivity index is 0.000000211. The van der Waals surface area contributed by atoms with Gasteiger partial charge < -0.3 is 4.55 Å². The minimum Gasteiger partial charge on any atom is -0.743 e. The molecule has 0 bridgehead atoms. The van der Waals surface area contributed by atoms with Gasteiger partial charge in [-0.3, -0.25) is 4.18 Å². The van der Waals surface area contributed by atoms with Gasteiger partial charge in [0, 0.05) is 3.57 Å². The Morgan fingerprint density at radius 2 is 1.05 bits per heavy atom. The fourth-order valence-corrected chi connectivity index (χ4v) is 6.62. The van der Waals surface area contributed by atoms with Gasteiger partial charge in [0.05, 0.1) is 15.8 Å². The van der Waals surface area contributed by atoms with Crippen molar-refractivity contribution in [1.29, 1.82) is 0 Å². The van der Waals surface area contributed by atoms with Crippen LogP contribution in [0.2, 0.25) is 0 Å². The Kier molecular flexibility index (Phi) is 10.4. The average molecular weight is 691 g/mol. The first-order valence-electron chi connectivity index (χ1n) is 10.8. The lowest BCUT2D eigenvalue weighted by Gasteiger charge is -2.19. The molecule has 0 atom stereocenters. The molecule has 0 amide bonds. The van der Waals surface area contributed by atoms with Crippen LogP contribution in [0.15, 0.2) is 135 Å². The third-order valence-electron chi connectivity index (χ3n) is 4.79. The van der Waals surface area contributed by atoms with Crippen LogP contribution in [0.4, 0.5) is 8.78 Å². The molecule has 200 valence electrons. The summed E-state index contributed by atoms with van der Waals surface area (Å²) in [6, 6.07) is 37.1. The smallest absolute Gasteiger partial charge is 0.358 e. The van der Waals surface area contributed by atoms with E-state index in [1.165, 1.54) is 26.8 Å². The van der Waals surface area contributed by atoms with Gasteiger partial charge in [-0.05, 0) is 83.3 Å². The van der Waals surface area contributed by atoms with Gasteiger partial charge in [0.2, 0.25) is 0 Å². The van der Waals surface area contributed by atoms with Crippen molar-refractivity contribution in [3.8, 4) is 0 Å². The third kappa shape index (κ3) is 8.32. The van der Waals surface area contributed by atoms with Crippen LogP contribution in [0.1, 0.15) is 0 Å². The number of halogens is 3. The molecule has 38 heavy (non-hydrogen) atoms. The molecule has 4 rings (SSSR count). The molecule has 12 heteroatoms. The van der Waals surface area contributed by atoms with Crippen LogP contribution in [0.5, 0.6) is 0 Å². The van der Waals surface area contributed by atoms with Crippen LogP contribution in [0.3, 0.4) is 0 Å². The predicted molar refractivity (Wildman–Crippen MR) is 148 cm³/mol. The Morgan fingerprint density at radius 3 is 1.39 bits per heavy atom. The minimum atomic E-state index is -5.99. The van der Waals surface area contributed by atoms with E-state index in [9.17, 15) is 30.2 Å². The molecule has 0 aliphatic carbocycles. The number of benzene rings is 4. The highest BCUT2D eigenvalue weighted by Crippen LogP contribution is 2.30. The van der Waals surface area contributed by atoms with Crippen molar-refractivity contribution in [3.05, 3.63) is 119 Å². The zero-order valence-corrected chi connectivity index (χ0v) is 24.1. The van der Waals surface area contributed by atoms with Gasteiger partial charge in [-0.1, -0.05) is 54.6 Å². The Morgan fingerprint density at radius 1 is 0.684 bits per heavy atom. The maximum Gasteiger partial charge on any atom is 0.358 e. The van der Waals surface area contributed by atoms with Crippen molar-refractivity contribution in [2.45, 2.75) is 24.8 Å². The van der Waals surface area contributed by atoms with Crippen LogP contribution in [-0.4, -0.2) is 33.2 Å². The lowest BCUT2D eigenvalue weighted by molar-refractivity contribution is 0.0303. The van der Waals surface area contributed by atoms with Crippen LogP contribution < -0.4 is 0 Å². The zero-order chi connectivity index (χ0) is 27.8. The molecule has 0 spiro atoms. The summed E-state index contributed by atoms with van der Waals surface area (Å²) in [7, 11) is -10.6. The summed E-state index contributed by atoms with van der Waals surface area (Å²) in [6.07, 6.45) is 0. The van der Waals surface area contributed by atoms with E-state index >= 15 is 0 Å². The molecule has 0 aliphatic rings. The van der Waals surface area contributed by atoms with E-state index in [1.54, 1.807) is 0 Å². The van der Waals surface area contributed by atoms with E-state index in [4.69, 9.17) is 0 Å². The van der Waals surface area contributed by atoms with Crippen molar-refractivity contribution in [2.75, 3.05) is 6.61 Å².